The minimum absolute atomic E-state index is 0.0785. The molecule has 0 unspecified atom stereocenters. The average Bonchev–Trinajstić information content (AvgIpc) is 2.63. The number of carbonyl (C=O) groups excluding carboxylic acids is 1. The molecule has 0 aliphatic carbocycles. The molecule has 1 aromatic heterocycles. The molecule has 26 heavy (non-hydrogen) atoms. The Morgan fingerprint density at radius 3 is 2.46 bits per heavy atom. The van der Waals surface area contributed by atoms with Crippen LogP contribution in [0.4, 0.5) is 16.0 Å². The number of nitrogens with one attached hydrogen (secondary N) is 1. The standard InChI is InChI=1S/C20H19FN4O/c1-25(14-15-6-3-2-4-7-15)19-11-10-18(23-24-19)22-20(26)13-16-8-5-9-17(21)12-16/h2-12H,13-14H2,1H3,(H,22,23,26). The first-order chi connectivity index (χ1) is 12.6. The SMILES string of the molecule is CN(Cc1ccccc1)c1ccc(NC(=O)Cc2cccc(F)c2)nn1. The highest BCUT2D eigenvalue weighted by Gasteiger charge is 2.08. The molecule has 0 fully saturated rings. The first-order valence-corrected chi connectivity index (χ1v) is 8.23. The zero-order valence-electron chi connectivity index (χ0n) is 14.4. The minimum atomic E-state index is -0.360. The number of aromatic nitrogens is 2. The third kappa shape index (κ3) is 4.86. The molecule has 0 spiro atoms. The van der Waals surface area contributed by atoms with Crippen molar-refractivity contribution in [3.63, 3.8) is 0 Å². The number of nitrogens with zero attached hydrogens (tertiary/aromatic N) is 3. The van der Waals surface area contributed by atoms with Crippen LogP contribution in [-0.4, -0.2) is 23.2 Å². The Labute approximate surface area is 151 Å². The Morgan fingerprint density at radius 1 is 1.00 bits per heavy atom. The summed E-state index contributed by atoms with van der Waals surface area (Å²) in [6.07, 6.45) is 0.0785. The third-order valence-electron chi connectivity index (χ3n) is 3.83. The van der Waals surface area contributed by atoms with Crippen LogP contribution in [0.25, 0.3) is 0 Å². The molecule has 0 aliphatic heterocycles. The topological polar surface area (TPSA) is 58.1 Å². The van der Waals surface area contributed by atoms with Gasteiger partial charge in [0, 0.05) is 13.6 Å². The number of anilines is 2. The number of hydrogen-bond acceptors (Lipinski definition) is 4. The van der Waals surface area contributed by atoms with Crippen molar-refractivity contribution in [3.8, 4) is 0 Å². The van der Waals surface area contributed by atoms with Gasteiger partial charge in [-0.05, 0) is 35.4 Å². The number of benzene rings is 2. The van der Waals surface area contributed by atoms with Gasteiger partial charge in [-0.2, -0.15) is 0 Å². The van der Waals surface area contributed by atoms with Gasteiger partial charge in [0.25, 0.3) is 0 Å². The molecule has 0 radical (unpaired) electrons. The number of hydrogen-bond donors (Lipinski definition) is 1. The van der Waals surface area contributed by atoms with Crippen LogP contribution in [0.5, 0.6) is 0 Å². The first-order valence-electron chi connectivity index (χ1n) is 8.23. The molecule has 132 valence electrons. The summed E-state index contributed by atoms with van der Waals surface area (Å²) < 4.78 is 13.2. The zero-order valence-corrected chi connectivity index (χ0v) is 14.4. The molecule has 3 rings (SSSR count). The van der Waals surface area contributed by atoms with Gasteiger partial charge < -0.3 is 10.2 Å². The Hall–Kier alpha value is -3.28. The van der Waals surface area contributed by atoms with Crippen molar-refractivity contribution >= 4 is 17.5 Å². The first kappa shape index (κ1) is 17.5. The van der Waals surface area contributed by atoms with Crippen LogP contribution < -0.4 is 10.2 Å². The van der Waals surface area contributed by atoms with Crippen molar-refractivity contribution in [2.75, 3.05) is 17.3 Å². The third-order valence-corrected chi connectivity index (χ3v) is 3.83. The maximum Gasteiger partial charge on any atom is 0.229 e. The van der Waals surface area contributed by atoms with Crippen LogP contribution in [0.2, 0.25) is 0 Å². The van der Waals surface area contributed by atoms with Crippen LogP contribution in [-0.2, 0) is 17.8 Å². The minimum Gasteiger partial charge on any atom is -0.354 e. The van der Waals surface area contributed by atoms with Gasteiger partial charge in [0.05, 0.1) is 6.42 Å². The number of carbonyl (C=O) groups is 1. The second-order valence-corrected chi connectivity index (χ2v) is 5.97. The summed E-state index contributed by atoms with van der Waals surface area (Å²) in [5.41, 5.74) is 1.78. The van der Waals surface area contributed by atoms with E-state index in [1.165, 1.54) is 17.7 Å². The van der Waals surface area contributed by atoms with E-state index in [2.05, 4.69) is 15.5 Å². The Balaban J connectivity index is 1.57. The summed E-state index contributed by atoms with van der Waals surface area (Å²) in [6, 6.07) is 19.5. The molecule has 0 atom stereocenters. The lowest BCUT2D eigenvalue weighted by Gasteiger charge is -2.17. The second-order valence-electron chi connectivity index (χ2n) is 5.97. The highest BCUT2D eigenvalue weighted by atomic mass is 19.1. The normalized spacial score (nSPS) is 10.4. The molecule has 1 N–H and O–H groups in total. The molecule has 1 heterocycles. The molecular formula is C20H19FN4O. The molecular weight excluding hydrogens is 331 g/mol. The van der Waals surface area contributed by atoms with Crippen molar-refractivity contribution in [1.29, 1.82) is 0 Å². The van der Waals surface area contributed by atoms with E-state index in [0.29, 0.717) is 23.7 Å². The van der Waals surface area contributed by atoms with Crippen LogP contribution in [0.3, 0.4) is 0 Å². The van der Waals surface area contributed by atoms with Crippen molar-refractivity contribution in [3.05, 3.63) is 83.7 Å². The van der Waals surface area contributed by atoms with Gasteiger partial charge in [0.2, 0.25) is 5.91 Å². The molecule has 6 heteroatoms. The monoisotopic (exact) mass is 350 g/mol. The molecule has 1 amide bonds. The summed E-state index contributed by atoms with van der Waals surface area (Å²) in [5.74, 6) is 0.441. The van der Waals surface area contributed by atoms with Gasteiger partial charge in [0.1, 0.15) is 5.82 Å². The zero-order chi connectivity index (χ0) is 18.4. The van der Waals surface area contributed by atoms with Crippen molar-refractivity contribution in [1.82, 2.24) is 10.2 Å². The molecule has 0 bridgehead atoms. The summed E-state index contributed by atoms with van der Waals surface area (Å²) >= 11 is 0. The van der Waals surface area contributed by atoms with Gasteiger partial charge in [-0.1, -0.05) is 42.5 Å². The predicted molar refractivity (Wildman–Crippen MR) is 99.3 cm³/mol. The van der Waals surface area contributed by atoms with Crippen LogP contribution in [0, 0.1) is 5.82 Å². The molecule has 0 saturated heterocycles. The molecule has 0 saturated carbocycles. The Morgan fingerprint density at radius 2 is 1.77 bits per heavy atom. The highest BCUT2D eigenvalue weighted by molar-refractivity contribution is 5.91. The van der Waals surface area contributed by atoms with Crippen LogP contribution >= 0.6 is 0 Å². The van der Waals surface area contributed by atoms with Crippen LogP contribution in [0.15, 0.2) is 66.7 Å². The van der Waals surface area contributed by atoms with E-state index in [1.807, 2.05) is 42.3 Å². The molecule has 5 nitrogen and oxygen atoms in total. The van der Waals surface area contributed by atoms with Crippen molar-refractivity contribution in [2.24, 2.45) is 0 Å². The second kappa shape index (κ2) is 8.20. The van der Waals surface area contributed by atoms with E-state index in [0.717, 1.165) is 0 Å². The molecule has 0 aliphatic rings. The van der Waals surface area contributed by atoms with Crippen molar-refractivity contribution < 1.29 is 9.18 Å². The summed E-state index contributed by atoms with van der Waals surface area (Å²) in [4.78, 5) is 14.0. The maximum absolute atomic E-state index is 13.2. The average molecular weight is 350 g/mol. The van der Waals surface area contributed by atoms with Crippen molar-refractivity contribution in [2.45, 2.75) is 13.0 Å². The van der Waals surface area contributed by atoms with E-state index in [-0.39, 0.29) is 18.1 Å². The Bertz CT molecular complexity index is 868. The number of amides is 1. The fraction of sp³-hybridized carbons (Fsp3) is 0.150. The number of halogens is 1. The largest absolute Gasteiger partial charge is 0.354 e. The van der Waals surface area contributed by atoms with Gasteiger partial charge >= 0.3 is 0 Å². The maximum atomic E-state index is 13.2. The lowest BCUT2D eigenvalue weighted by atomic mass is 10.1. The van der Waals surface area contributed by atoms with E-state index < -0.39 is 0 Å². The summed E-state index contributed by atoms with van der Waals surface area (Å²) in [6.45, 7) is 0.709. The van der Waals surface area contributed by atoms with E-state index in [9.17, 15) is 9.18 Å². The van der Waals surface area contributed by atoms with E-state index >= 15 is 0 Å². The van der Waals surface area contributed by atoms with Gasteiger partial charge in [-0.25, -0.2) is 4.39 Å². The number of rotatable bonds is 6. The van der Waals surface area contributed by atoms with Gasteiger partial charge in [-0.15, -0.1) is 10.2 Å². The fourth-order valence-electron chi connectivity index (χ4n) is 2.55. The van der Waals surface area contributed by atoms with Crippen LogP contribution in [0.1, 0.15) is 11.1 Å². The smallest absolute Gasteiger partial charge is 0.229 e. The summed E-state index contributed by atoms with van der Waals surface area (Å²) in [7, 11) is 1.93. The quantitative estimate of drug-likeness (QED) is 0.740. The Kier molecular flexibility index (Phi) is 5.53. The molecule has 2 aromatic carbocycles. The highest BCUT2D eigenvalue weighted by Crippen LogP contribution is 2.14. The van der Waals surface area contributed by atoms with Gasteiger partial charge in [0.15, 0.2) is 11.6 Å². The molecule has 3 aromatic rings. The fourth-order valence-corrected chi connectivity index (χ4v) is 2.55. The van der Waals surface area contributed by atoms with E-state index in [1.54, 1.807) is 24.3 Å². The predicted octanol–water partition coefficient (Wildman–Crippen LogP) is 3.43. The van der Waals surface area contributed by atoms with Gasteiger partial charge in [-0.3, -0.25) is 4.79 Å². The summed E-state index contributed by atoms with van der Waals surface area (Å²) in [5, 5.41) is 10.9. The van der Waals surface area contributed by atoms with E-state index in [4.69, 9.17) is 0 Å². The lowest BCUT2D eigenvalue weighted by Crippen LogP contribution is -2.19. The lowest BCUT2D eigenvalue weighted by molar-refractivity contribution is -0.115.